The van der Waals surface area contributed by atoms with Gasteiger partial charge >= 0.3 is 6.09 Å². The third-order valence-corrected chi connectivity index (χ3v) is 3.58. The summed E-state index contributed by atoms with van der Waals surface area (Å²) in [6, 6.07) is 2.10. The monoisotopic (exact) mass is 312 g/mol. The Morgan fingerprint density at radius 2 is 1.95 bits per heavy atom. The molecule has 0 saturated carbocycles. The first-order valence-electron chi connectivity index (χ1n) is 7.32. The Balaban J connectivity index is 2.49. The minimum atomic E-state index is -0.468. The molecule has 120 valence electrons. The van der Waals surface area contributed by atoms with Gasteiger partial charge in [-0.25, -0.2) is 4.79 Å². The number of hydrogen-bond acceptors (Lipinski definition) is 4. The Hall–Kier alpha value is -1.07. The Labute approximate surface area is 132 Å². The maximum atomic E-state index is 12.3. The van der Waals surface area contributed by atoms with E-state index in [2.05, 4.69) is 22.1 Å². The molecule has 0 aliphatic rings. The summed E-state index contributed by atoms with van der Waals surface area (Å²) in [4.78, 5) is 14.1. The van der Waals surface area contributed by atoms with E-state index in [0.29, 0.717) is 6.54 Å². The summed E-state index contributed by atoms with van der Waals surface area (Å²) in [7, 11) is 0. The second kappa shape index (κ2) is 7.27. The van der Waals surface area contributed by atoms with Crippen LogP contribution >= 0.6 is 11.3 Å². The number of nitrogens with one attached hydrogen (secondary N) is 1. The number of nitrogens with zero attached hydrogens (tertiary/aromatic N) is 1. The van der Waals surface area contributed by atoms with Crippen LogP contribution in [0.5, 0.6) is 0 Å². The zero-order valence-corrected chi connectivity index (χ0v) is 14.8. The van der Waals surface area contributed by atoms with E-state index in [9.17, 15) is 4.79 Å². The van der Waals surface area contributed by atoms with Crippen LogP contribution in [0.2, 0.25) is 0 Å². The maximum Gasteiger partial charge on any atom is 0.410 e. The molecule has 1 aromatic rings. The fourth-order valence-electron chi connectivity index (χ4n) is 1.83. The van der Waals surface area contributed by atoms with Gasteiger partial charge in [0.15, 0.2) is 0 Å². The highest BCUT2D eigenvalue weighted by molar-refractivity contribution is 7.07. The third-order valence-electron chi connectivity index (χ3n) is 2.85. The molecule has 0 aliphatic heterocycles. The molecule has 1 amide bonds. The van der Waals surface area contributed by atoms with Gasteiger partial charge in [-0.1, -0.05) is 0 Å². The number of hydrogen-bond donors (Lipinski definition) is 1. The van der Waals surface area contributed by atoms with Crippen molar-refractivity contribution < 1.29 is 9.53 Å². The van der Waals surface area contributed by atoms with Crippen LogP contribution in [0.3, 0.4) is 0 Å². The molecule has 0 aliphatic carbocycles. The first-order valence-corrected chi connectivity index (χ1v) is 8.26. The highest BCUT2D eigenvalue weighted by Gasteiger charge is 2.30. The lowest BCUT2D eigenvalue weighted by Crippen LogP contribution is -2.50. The van der Waals surface area contributed by atoms with Gasteiger partial charge in [-0.3, -0.25) is 0 Å². The van der Waals surface area contributed by atoms with Crippen molar-refractivity contribution in [2.45, 2.75) is 59.2 Å². The van der Waals surface area contributed by atoms with Crippen LogP contribution in [-0.4, -0.2) is 35.2 Å². The summed E-state index contributed by atoms with van der Waals surface area (Å²) < 4.78 is 5.49. The lowest BCUT2D eigenvalue weighted by Gasteiger charge is -2.36. The zero-order valence-electron chi connectivity index (χ0n) is 14.0. The number of ether oxygens (including phenoxy) is 1. The molecule has 4 nitrogen and oxygen atoms in total. The van der Waals surface area contributed by atoms with Crippen molar-refractivity contribution in [3.05, 3.63) is 22.4 Å². The van der Waals surface area contributed by atoms with Gasteiger partial charge < -0.3 is 15.0 Å². The first kappa shape index (κ1) is 18.0. The van der Waals surface area contributed by atoms with Crippen LogP contribution in [0.1, 0.15) is 47.1 Å². The molecule has 0 radical (unpaired) electrons. The van der Waals surface area contributed by atoms with E-state index in [1.165, 1.54) is 5.56 Å². The molecule has 0 bridgehead atoms. The van der Waals surface area contributed by atoms with E-state index in [-0.39, 0.29) is 11.6 Å². The second-order valence-electron chi connectivity index (χ2n) is 7.11. The molecule has 1 aromatic heterocycles. The predicted octanol–water partition coefficient (Wildman–Crippen LogP) is 3.87. The summed E-state index contributed by atoms with van der Waals surface area (Å²) >= 11 is 1.69. The van der Waals surface area contributed by atoms with Crippen LogP contribution < -0.4 is 5.32 Å². The smallest absolute Gasteiger partial charge is 0.410 e. The van der Waals surface area contributed by atoms with Gasteiger partial charge in [0, 0.05) is 25.2 Å². The largest absolute Gasteiger partial charge is 0.444 e. The highest BCUT2D eigenvalue weighted by atomic mass is 32.1. The van der Waals surface area contributed by atoms with Crippen LogP contribution in [0.4, 0.5) is 4.79 Å². The number of carbonyl (C=O) groups excluding carboxylic acids is 1. The molecule has 1 rings (SSSR count). The van der Waals surface area contributed by atoms with E-state index in [4.69, 9.17) is 4.74 Å². The normalized spacial score (nSPS) is 12.3. The topological polar surface area (TPSA) is 41.6 Å². The predicted molar refractivity (Wildman–Crippen MR) is 88.7 cm³/mol. The molecule has 0 spiro atoms. The second-order valence-corrected chi connectivity index (χ2v) is 7.89. The number of thiophene rings is 1. The van der Waals surface area contributed by atoms with E-state index in [0.717, 1.165) is 13.1 Å². The maximum absolute atomic E-state index is 12.3. The average Bonchev–Trinajstić information content (AvgIpc) is 2.77. The van der Waals surface area contributed by atoms with Crippen molar-refractivity contribution in [1.82, 2.24) is 10.2 Å². The molecule has 0 saturated heterocycles. The summed E-state index contributed by atoms with van der Waals surface area (Å²) in [6.07, 6.45) is -0.257. The fourth-order valence-corrected chi connectivity index (χ4v) is 2.50. The van der Waals surface area contributed by atoms with Gasteiger partial charge in [0.1, 0.15) is 5.60 Å². The SMILES string of the molecule is CC(C)(C)OC(=O)N(CCNCc1ccsc1)C(C)(C)C. The Morgan fingerprint density at radius 3 is 2.43 bits per heavy atom. The zero-order chi connectivity index (χ0) is 16.1. The van der Waals surface area contributed by atoms with Gasteiger partial charge in [-0.2, -0.15) is 11.3 Å². The van der Waals surface area contributed by atoms with E-state index in [1.54, 1.807) is 16.2 Å². The Morgan fingerprint density at radius 1 is 1.29 bits per heavy atom. The molecule has 5 heteroatoms. The summed E-state index contributed by atoms with van der Waals surface area (Å²) in [5, 5.41) is 7.56. The van der Waals surface area contributed by atoms with Crippen molar-refractivity contribution in [3.63, 3.8) is 0 Å². The van der Waals surface area contributed by atoms with Crippen molar-refractivity contribution >= 4 is 17.4 Å². The molecule has 0 unspecified atom stereocenters. The molecule has 21 heavy (non-hydrogen) atoms. The molecule has 1 N–H and O–H groups in total. The Bertz CT molecular complexity index is 430. The standard InChI is InChI=1S/C16H28N2O2S/c1-15(2,3)18(14(19)20-16(4,5)6)9-8-17-11-13-7-10-21-12-13/h7,10,12,17H,8-9,11H2,1-6H3. The van der Waals surface area contributed by atoms with Gasteiger partial charge in [0.05, 0.1) is 0 Å². The third kappa shape index (κ3) is 6.96. The quantitative estimate of drug-likeness (QED) is 0.839. The fraction of sp³-hybridized carbons (Fsp3) is 0.688. The minimum absolute atomic E-state index is 0.257. The number of rotatable bonds is 5. The molecular formula is C16H28N2O2S. The highest BCUT2D eigenvalue weighted by Crippen LogP contribution is 2.18. The lowest BCUT2D eigenvalue weighted by atomic mass is 10.1. The number of amides is 1. The molecule has 1 heterocycles. The van der Waals surface area contributed by atoms with E-state index in [1.807, 2.05) is 41.5 Å². The summed E-state index contributed by atoms with van der Waals surface area (Å²) in [5.74, 6) is 0. The Kier molecular flexibility index (Phi) is 6.23. The van der Waals surface area contributed by atoms with E-state index >= 15 is 0 Å². The van der Waals surface area contributed by atoms with E-state index < -0.39 is 5.60 Å². The van der Waals surface area contributed by atoms with Crippen LogP contribution in [-0.2, 0) is 11.3 Å². The van der Waals surface area contributed by atoms with Gasteiger partial charge in [-0.05, 0) is 63.9 Å². The van der Waals surface area contributed by atoms with Crippen molar-refractivity contribution in [3.8, 4) is 0 Å². The van der Waals surface area contributed by atoms with Crippen molar-refractivity contribution in [2.24, 2.45) is 0 Å². The first-order chi connectivity index (χ1) is 9.59. The molecule has 0 aromatic carbocycles. The van der Waals surface area contributed by atoms with Gasteiger partial charge in [0.2, 0.25) is 0 Å². The number of carbonyl (C=O) groups is 1. The molecular weight excluding hydrogens is 284 g/mol. The van der Waals surface area contributed by atoms with Gasteiger partial charge in [0.25, 0.3) is 0 Å². The minimum Gasteiger partial charge on any atom is -0.444 e. The molecule has 0 atom stereocenters. The van der Waals surface area contributed by atoms with Crippen LogP contribution in [0.15, 0.2) is 16.8 Å². The molecule has 0 fully saturated rings. The summed E-state index contributed by atoms with van der Waals surface area (Å²) in [5.41, 5.74) is 0.552. The van der Waals surface area contributed by atoms with Crippen molar-refractivity contribution in [1.29, 1.82) is 0 Å². The van der Waals surface area contributed by atoms with Crippen molar-refractivity contribution in [2.75, 3.05) is 13.1 Å². The van der Waals surface area contributed by atoms with Crippen LogP contribution in [0, 0.1) is 0 Å². The summed E-state index contributed by atoms with van der Waals surface area (Å²) in [6.45, 7) is 13.9. The van der Waals surface area contributed by atoms with Crippen LogP contribution in [0.25, 0.3) is 0 Å². The average molecular weight is 312 g/mol. The van der Waals surface area contributed by atoms with Gasteiger partial charge in [-0.15, -0.1) is 0 Å². The lowest BCUT2D eigenvalue weighted by molar-refractivity contribution is 0.00663.